The van der Waals surface area contributed by atoms with Crippen LogP contribution >= 0.6 is 34.5 Å². The van der Waals surface area contributed by atoms with Crippen molar-refractivity contribution in [1.29, 1.82) is 0 Å². The molecule has 0 aliphatic carbocycles. The number of nitrogens with zero attached hydrogens (tertiary/aromatic N) is 1. The van der Waals surface area contributed by atoms with Crippen LogP contribution in [0, 0.1) is 0 Å². The van der Waals surface area contributed by atoms with Gasteiger partial charge in [-0.25, -0.2) is 9.78 Å². The Kier molecular flexibility index (Phi) is 8.46. The second-order valence-electron chi connectivity index (χ2n) is 6.92. The van der Waals surface area contributed by atoms with E-state index in [2.05, 4.69) is 17.2 Å². The molecular weight excluding hydrogens is 455 g/mol. The maximum atomic E-state index is 12.1. The van der Waals surface area contributed by atoms with Crippen LogP contribution in [0.2, 0.25) is 10.0 Å². The zero-order valence-electron chi connectivity index (χ0n) is 16.9. The van der Waals surface area contributed by atoms with Crippen molar-refractivity contribution < 1.29 is 14.3 Å². The number of rotatable bonds is 9. The van der Waals surface area contributed by atoms with Gasteiger partial charge in [0.25, 0.3) is 5.91 Å². The molecule has 3 aromatic rings. The summed E-state index contributed by atoms with van der Waals surface area (Å²) >= 11 is 13.8. The molecule has 0 aliphatic heterocycles. The predicted octanol–water partition coefficient (Wildman–Crippen LogP) is 5.86. The second-order valence-corrected chi connectivity index (χ2v) is 8.82. The van der Waals surface area contributed by atoms with Gasteiger partial charge in [-0.2, -0.15) is 0 Å². The fourth-order valence-corrected chi connectivity index (χ4v) is 4.56. The molecule has 0 unspecified atom stereocenters. The van der Waals surface area contributed by atoms with Gasteiger partial charge in [-0.3, -0.25) is 4.79 Å². The summed E-state index contributed by atoms with van der Waals surface area (Å²) in [6.07, 6.45) is 4.65. The summed E-state index contributed by atoms with van der Waals surface area (Å²) in [7, 11) is 0. The van der Waals surface area contributed by atoms with E-state index < -0.39 is 5.97 Å². The Labute approximate surface area is 195 Å². The lowest BCUT2D eigenvalue weighted by Crippen LogP contribution is -2.32. The number of para-hydroxylation sites is 1. The van der Waals surface area contributed by atoms with Crippen molar-refractivity contribution in [1.82, 2.24) is 10.3 Å². The number of ether oxygens (including phenoxy) is 1. The number of hydrogen-bond acceptors (Lipinski definition) is 5. The van der Waals surface area contributed by atoms with Gasteiger partial charge in [-0.1, -0.05) is 54.7 Å². The van der Waals surface area contributed by atoms with Crippen molar-refractivity contribution in [3.63, 3.8) is 0 Å². The number of carbonyl (C=O) groups excluding carboxylic acids is 2. The van der Waals surface area contributed by atoms with Crippen molar-refractivity contribution in [3.05, 3.63) is 69.2 Å². The molecule has 0 saturated heterocycles. The van der Waals surface area contributed by atoms with Crippen molar-refractivity contribution in [2.45, 2.75) is 25.7 Å². The Balaban J connectivity index is 1.48. The number of halogens is 2. The Bertz CT molecular complexity index is 1060. The van der Waals surface area contributed by atoms with E-state index in [1.54, 1.807) is 18.2 Å². The Hall–Kier alpha value is -2.41. The molecule has 2 aromatic carbocycles. The SMILES string of the molecule is CCC[C@H](CNC(=O)COC(=O)/C=C/c1nc2ccccc2s1)c1ccc(Cl)cc1Cl. The van der Waals surface area contributed by atoms with Crippen molar-refractivity contribution >= 4 is 62.7 Å². The maximum Gasteiger partial charge on any atom is 0.331 e. The molecule has 0 saturated carbocycles. The molecule has 1 amide bonds. The van der Waals surface area contributed by atoms with E-state index in [9.17, 15) is 9.59 Å². The third kappa shape index (κ3) is 6.79. The van der Waals surface area contributed by atoms with Crippen LogP contribution in [0.15, 0.2) is 48.5 Å². The Morgan fingerprint density at radius 3 is 2.77 bits per heavy atom. The standard InChI is InChI=1S/C23H22Cl2N2O3S/c1-2-5-15(17-9-8-16(24)12-18(17)25)13-26-21(28)14-30-23(29)11-10-22-27-19-6-3-4-7-20(19)31-22/h3-4,6-12,15H,2,5,13-14H2,1H3,(H,26,28)/b11-10+/t15-/m1/s1. The molecule has 1 atom stereocenters. The van der Waals surface area contributed by atoms with Crippen LogP contribution in [0.4, 0.5) is 0 Å². The number of carbonyl (C=O) groups is 2. The molecule has 0 bridgehead atoms. The Morgan fingerprint density at radius 2 is 2.03 bits per heavy atom. The zero-order valence-corrected chi connectivity index (χ0v) is 19.3. The first-order valence-corrected chi connectivity index (χ1v) is 11.5. The first-order valence-electron chi connectivity index (χ1n) is 9.88. The number of nitrogens with one attached hydrogen (secondary N) is 1. The summed E-state index contributed by atoms with van der Waals surface area (Å²) in [5, 5.41) is 4.66. The highest BCUT2D eigenvalue weighted by Gasteiger charge is 2.16. The van der Waals surface area contributed by atoms with E-state index in [0.717, 1.165) is 28.6 Å². The fraction of sp³-hybridized carbons (Fsp3) is 0.261. The lowest BCUT2D eigenvalue weighted by Gasteiger charge is -2.19. The van der Waals surface area contributed by atoms with Gasteiger partial charge in [0, 0.05) is 28.6 Å². The van der Waals surface area contributed by atoms with Crippen molar-refractivity contribution in [3.8, 4) is 0 Å². The van der Waals surface area contributed by atoms with Gasteiger partial charge < -0.3 is 10.1 Å². The highest BCUT2D eigenvalue weighted by atomic mass is 35.5. The third-order valence-electron chi connectivity index (χ3n) is 4.60. The molecule has 0 fully saturated rings. The summed E-state index contributed by atoms with van der Waals surface area (Å²) in [6.45, 7) is 2.11. The molecular formula is C23H22Cl2N2O3S. The molecule has 0 aliphatic rings. The maximum absolute atomic E-state index is 12.1. The first kappa shape index (κ1) is 23.3. The molecule has 0 radical (unpaired) electrons. The van der Waals surface area contributed by atoms with Crippen LogP contribution in [0.25, 0.3) is 16.3 Å². The predicted molar refractivity (Wildman–Crippen MR) is 127 cm³/mol. The molecule has 1 heterocycles. The summed E-state index contributed by atoms with van der Waals surface area (Å²) in [4.78, 5) is 28.5. The Morgan fingerprint density at radius 1 is 1.23 bits per heavy atom. The number of hydrogen-bond donors (Lipinski definition) is 1. The van der Waals surface area contributed by atoms with Crippen LogP contribution in [0.5, 0.6) is 0 Å². The number of amides is 1. The van der Waals surface area contributed by atoms with E-state index in [1.807, 2.05) is 30.3 Å². The molecule has 1 aromatic heterocycles. The molecule has 3 rings (SSSR count). The highest BCUT2D eigenvalue weighted by Crippen LogP contribution is 2.30. The smallest absolute Gasteiger partial charge is 0.331 e. The van der Waals surface area contributed by atoms with Gasteiger partial charge >= 0.3 is 5.97 Å². The van der Waals surface area contributed by atoms with Crippen LogP contribution in [-0.2, 0) is 14.3 Å². The average Bonchev–Trinajstić information content (AvgIpc) is 3.17. The van der Waals surface area contributed by atoms with Gasteiger partial charge in [-0.15, -0.1) is 11.3 Å². The summed E-state index contributed by atoms with van der Waals surface area (Å²) < 4.78 is 6.07. The molecule has 8 heteroatoms. The van der Waals surface area contributed by atoms with Gasteiger partial charge in [0.05, 0.1) is 10.2 Å². The quantitative estimate of drug-likeness (QED) is 0.310. The number of esters is 1. The third-order valence-corrected chi connectivity index (χ3v) is 6.17. The largest absolute Gasteiger partial charge is 0.452 e. The lowest BCUT2D eigenvalue weighted by molar-refractivity contribution is -0.143. The van der Waals surface area contributed by atoms with Gasteiger partial charge in [0.1, 0.15) is 5.01 Å². The second kappa shape index (κ2) is 11.3. The number of thiazole rings is 1. The van der Waals surface area contributed by atoms with Gasteiger partial charge in [0.15, 0.2) is 6.61 Å². The minimum absolute atomic E-state index is 0.0494. The average molecular weight is 477 g/mol. The van der Waals surface area contributed by atoms with Crippen LogP contribution < -0.4 is 5.32 Å². The summed E-state index contributed by atoms with van der Waals surface area (Å²) in [5.74, 6) is -0.915. The van der Waals surface area contributed by atoms with Crippen LogP contribution in [0.1, 0.15) is 36.3 Å². The van der Waals surface area contributed by atoms with E-state index in [-0.39, 0.29) is 18.4 Å². The molecule has 162 valence electrons. The van der Waals surface area contributed by atoms with Crippen molar-refractivity contribution in [2.75, 3.05) is 13.2 Å². The zero-order chi connectivity index (χ0) is 22.2. The normalized spacial score (nSPS) is 12.2. The fourth-order valence-electron chi connectivity index (χ4n) is 3.12. The van der Waals surface area contributed by atoms with Gasteiger partial charge in [0.2, 0.25) is 0 Å². The summed E-state index contributed by atoms with van der Waals surface area (Å²) in [6, 6.07) is 13.1. The highest BCUT2D eigenvalue weighted by molar-refractivity contribution is 7.19. The minimum Gasteiger partial charge on any atom is -0.452 e. The number of aromatic nitrogens is 1. The summed E-state index contributed by atoms with van der Waals surface area (Å²) in [5.41, 5.74) is 1.81. The van der Waals surface area contributed by atoms with E-state index in [4.69, 9.17) is 27.9 Å². The van der Waals surface area contributed by atoms with Crippen molar-refractivity contribution in [2.24, 2.45) is 0 Å². The van der Waals surface area contributed by atoms with Crippen LogP contribution in [-0.4, -0.2) is 30.0 Å². The van der Waals surface area contributed by atoms with E-state index in [0.29, 0.717) is 21.6 Å². The molecule has 31 heavy (non-hydrogen) atoms. The topological polar surface area (TPSA) is 68.3 Å². The first-order chi connectivity index (χ1) is 15.0. The molecule has 0 spiro atoms. The monoisotopic (exact) mass is 476 g/mol. The van der Waals surface area contributed by atoms with Crippen LogP contribution in [0.3, 0.4) is 0 Å². The molecule has 1 N–H and O–H groups in total. The number of fused-ring (bicyclic) bond motifs is 1. The van der Waals surface area contributed by atoms with E-state index >= 15 is 0 Å². The molecule has 5 nitrogen and oxygen atoms in total. The van der Waals surface area contributed by atoms with Gasteiger partial charge in [-0.05, 0) is 42.3 Å². The number of benzene rings is 2. The lowest BCUT2D eigenvalue weighted by atomic mass is 9.94. The minimum atomic E-state index is -0.597. The van der Waals surface area contributed by atoms with E-state index in [1.165, 1.54) is 17.4 Å².